The Balaban J connectivity index is 1.67. The summed E-state index contributed by atoms with van der Waals surface area (Å²) in [5.41, 5.74) is 1.37. The number of rotatable bonds is 1. The molecule has 3 heteroatoms. The summed E-state index contributed by atoms with van der Waals surface area (Å²) in [6, 6.07) is 11.4. The van der Waals surface area contributed by atoms with E-state index in [2.05, 4.69) is 40.5 Å². The van der Waals surface area contributed by atoms with E-state index in [-0.39, 0.29) is 11.8 Å². The van der Waals surface area contributed by atoms with E-state index in [9.17, 15) is 0 Å². The third-order valence-electron chi connectivity index (χ3n) is 5.28. The molecule has 1 aromatic carbocycles. The zero-order valence-corrected chi connectivity index (χ0v) is 12.1. The Kier molecular flexibility index (Phi) is 3.29. The second-order valence-electron chi connectivity index (χ2n) is 6.40. The molecule has 1 spiro atoms. The van der Waals surface area contributed by atoms with E-state index < -0.39 is 0 Å². The van der Waals surface area contributed by atoms with Gasteiger partial charge in [-0.1, -0.05) is 36.8 Å². The lowest BCUT2D eigenvalue weighted by atomic mass is 9.91. The molecule has 1 N–H and O–H groups in total. The SMILES string of the molecule is c1ccc(C2OC3(CCNCC3)N3CCCCC23)cc1. The molecule has 0 aliphatic carbocycles. The molecule has 0 radical (unpaired) electrons. The number of nitrogens with zero attached hydrogens (tertiary/aromatic N) is 1. The topological polar surface area (TPSA) is 24.5 Å². The molecule has 3 aliphatic rings. The van der Waals surface area contributed by atoms with Crippen molar-refractivity contribution in [3.63, 3.8) is 0 Å². The molecule has 20 heavy (non-hydrogen) atoms. The molecule has 3 fully saturated rings. The van der Waals surface area contributed by atoms with Crippen molar-refractivity contribution in [3.8, 4) is 0 Å². The predicted octanol–water partition coefficient (Wildman–Crippen LogP) is 2.69. The van der Waals surface area contributed by atoms with Gasteiger partial charge >= 0.3 is 0 Å². The quantitative estimate of drug-likeness (QED) is 0.850. The number of hydrogen-bond donors (Lipinski definition) is 1. The summed E-state index contributed by atoms with van der Waals surface area (Å²) in [4.78, 5) is 2.70. The Bertz CT molecular complexity index is 455. The van der Waals surface area contributed by atoms with Crippen molar-refractivity contribution in [2.45, 2.75) is 50.0 Å². The summed E-state index contributed by atoms with van der Waals surface area (Å²) in [7, 11) is 0. The van der Waals surface area contributed by atoms with Crippen LogP contribution in [0.4, 0.5) is 0 Å². The molecule has 1 aromatic rings. The van der Waals surface area contributed by atoms with Crippen molar-refractivity contribution >= 4 is 0 Å². The van der Waals surface area contributed by atoms with E-state index in [1.165, 1.54) is 31.4 Å². The first-order chi connectivity index (χ1) is 9.89. The van der Waals surface area contributed by atoms with Gasteiger partial charge in [0.15, 0.2) is 0 Å². The van der Waals surface area contributed by atoms with Gasteiger partial charge < -0.3 is 10.1 Å². The lowest BCUT2D eigenvalue weighted by Crippen LogP contribution is -2.55. The summed E-state index contributed by atoms with van der Waals surface area (Å²) in [6.07, 6.45) is 6.50. The molecule has 3 nitrogen and oxygen atoms in total. The largest absolute Gasteiger partial charge is 0.351 e. The highest BCUT2D eigenvalue weighted by Crippen LogP contribution is 2.48. The van der Waals surface area contributed by atoms with Crippen LogP contribution in [0.2, 0.25) is 0 Å². The standard InChI is InChI=1S/C17H24N2O/c1-2-6-14(7-3-1)16-15-8-4-5-13-19(15)17(20-16)9-11-18-12-10-17/h1-3,6-7,15-16,18H,4-5,8-13H2. The Morgan fingerprint density at radius 1 is 1.10 bits per heavy atom. The van der Waals surface area contributed by atoms with Crippen LogP contribution < -0.4 is 5.32 Å². The third-order valence-corrected chi connectivity index (χ3v) is 5.28. The lowest BCUT2D eigenvalue weighted by molar-refractivity contribution is -0.126. The van der Waals surface area contributed by atoms with Crippen LogP contribution in [0.25, 0.3) is 0 Å². The van der Waals surface area contributed by atoms with E-state index in [1.807, 2.05) is 0 Å². The van der Waals surface area contributed by atoms with Crippen LogP contribution in [-0.4, -0.2) is 36.3 Å². The first-order valence-electron chi connectivity index (χ1n) is 8.09. The maximum atomic E-state index is 6.71. The molecule has 2 unspecified atom stereocenters. The van der Waals surface area contributed by atoms with E-state index >= 15 is 0 Å². The number of hydrogen-bond acceptors (Lipinski definition) is 3. The van der Waals surface area contributed by atoms with Crippen LogP contribution in [0, 0.1) is 0 Å². The number of nitrogens with one attached hydrogen (secondary N) is 1. The average Bonchev–Trinajstić information content (AvgIpc) is 2.84. The maximum absolute atomic E-state index is 6.71. The van der Waals surface area contributed by atoms with Crippen LogP contribution in [0.5, 0.6) is 0 Å². The van der Waals surface area contributed by atoms with Gasteiger partial charge in [-0.05, 0) is 31.5 Å². The fraction of sp³-hybridized carbons (Fsp3) is 0.647. The first kappa shape index (κ1) is 12.8. The number of fused-ring (bicyclic) bond motifs is 2. The van der Waals surface area contributed by atoms with Crippen molar-refractivity contribution in [2.75, 3.05) is 19.6 Å². The smallest absolute Gasteiger partial charge is 0.125 e. The molecule has 0 aromatic heterocycles. The second-order valence-corrected chi connectivity index (χ2v) is 6.40. The predicted molar refractivity (Wildman–Crippen MR) is 79.4 cm³/mol. The summed E-state index contributed by atoms with van der Waals surface area (Å²) < 4.78 is 6.71. The first-order valence-corrected chi connectivity index (χ1v) is 8.09. The number of ether oxygens (including phenoxy) is 1. The van der Waals surface area contributed by atoms with Crippen LogP contribution >= 0.6 is 0 Å². The monoisotopic (exact) mass is 272 g/mol. The van der Waals surface area contributed by atoms with Gasteiger partial charge in [0.05, 0.1) is 0 Å². The fourth-order valence-electron chi connectivity index (χ4n) is 4.32. The van der Waals surface area contributed by atoms with Gasteiger partial charge in [0.2, 0.25) is 0 Å². The van der Waals surface area contributed by atoms with Crippen LogP contribution in [0.1, 0.15) is 43.8 Å². The normalized spacial score (nSPS) is 33.2. The van der Waals surface area contributed by atoms with Gasteiger partial charge in [0, 0.05) is 25.4 Å². The number of piperidine rings is 2. The molecule has 3 heterocycles. The van der Waals surface area contributed by atoms with Crippen LogP contribution in [0.15, 0.2) is 30.3 Å². The van der Waals surface area contributed by atoms with Crippen molar-refractivity contribution in [2.24, 2.45) is 0 Å². The highest BCUT2D eigenvalue weighted by atomic mass is 16.5. The molecule has 3 saturated heterocycles. The Hall–Kier alpha value is -0.900. The summed E-state index contributed by atoms with van der Waals surface area (Å²) >= 11 is 0. The average molecular weight is 272 g/mol. The van der Waals surface area contributed by atoms with Crippen molar-refractivity contribution in [1.82, 2.24) is 10.2 Å². The molecule has 2 atom stereocenters. The Labute approximate surface area is 121 Å². The lowest BCUT2D eigenvalue weighted by Gasteiger charge is -2.43. The van der Waals surface area contributed by atoms with Gasteiger partial charge in [-0.3, -0.25) is 4.90 Å². The summed E-state index contributed by atoms with van der Waals surface area (Å²) in [5.74, 6) is 0. The minimum Gasteiger partial charge on any atom is -0.351 e. The van der Waals surface area contributed by atoms with Crippen molar-refractivity contribution in [3.05, 3.63) is 35.9 Å². The van der Waals surface area contributed by atoms with Gasteiger partial charge in [-0.2, -0.15) is 0 Å². The van der Waals surface area contributed by atoms with E-state index in [0.717, 1.165) is 25.9 Å². The summed E-state index contributed by atoms with van der Waals surface area (Å²) in [6.45, 7) is 3.39. The highest BCUT2D eigenvalue weighted by molar-refractivity contribution is 5.22. The molecule has 0 bridgehead atoms. The Morgan fingerprint density at radius 2 is 1.90 bits per heavy atom. The Morgan fingerprint density at radius 3 is 2.70 bits per heavy atom. The van der Waals surface area contributed by atoms with Gasteiger partial charge in [0.25, 0.3) is 0 Å². The molecule has 0 saturated carbocycles. The minimum absolute atomic E-state index is 0.0108. The maximum Gasteiger partial charge on any atom is 0.125 e. The number of benzene rings is 1. The van der Waals surface area contributed by atoms with E-state index in [4.69, 9.17) is 4.74 Å². The third kappa shape index (κ3) is 2.00. The van der Waals surface area contributed by atoms with Crippen LogP contribution in [-0.2, 0) is 4.74 Å². The molecular formula is C17H24N2O. The summed E-state index contributed by atoms with van der Waals surface area (Å²) in [5, 5.41) is 3.48. The van der Waals surface area contributed by atoms with Gasteiger partial charge in [0.1, 0.15) is 11.8 Å². The van der Waals surface area contributed by atoms with E-state index in [1.54, 1.807) is 0 Å². The van der Waals surface area contributed by atoms with Crippen molar-refractivity contribution < 1.29 is 4.74 Å². The van der Waals surface area contributed by atoms with Crippen molar-refractivity contribution in [1.29, 1.82) is 0 Å². The molecular weight excluding hydrogens is 248 g/mol. The minimum atomic E-state index is 0.0108. The second kappa shape index (κ2) is 5.14. The molecule has 108 valence electrons. The molecule has 4 rings (SSSR count). The fourth-order valence-corrected chi connectivity index (χ4v) is 4.32. The van der Waals surface area contributed by atoms with Gasteiger partial charge in [-0.15, -0.1) is 0 Å². The molecule has 0 amide bonds. The zero-order chi connectivity index (χ0) is 13.4. The molecule has 3 aliphatic heterocycles. The van der Waals surface area contributed by atoms with Crippen LogP contribution in [0.3, 0.4) is 0 Å². The zero-order valence-electron chi connectivity index (χ0n) is 12.1. The van der Waals surface area contributed by atoms with E-state index in [0.29, 0.717) is 6.04 Å². The van der Waals surface area contributed by atoms with Gasteiger partial charge in [-0.25, -0.2) is 0 Å². The highest BCUT2D eigenvalue weighted by Gasteiger charge is 2.53.